The Hall–Kier alpha value is -1.56. The van der Waals surface area contributed by atoms with Gasteiger partial charge in [0.05, 0.1) is 0 Å². The van der Waals surface area contributed by atoms with E-state index < -0.39 is 0 Å². The first kappa shape index (κ1) is 8.53. The lowest BCUT2D eigenvalue weighted by atomic mass is 9.72. The Bertz CT molecular complexity index is 662. The first-order valence-electron chi connectivity index (χ1n) is 7.14. The van der Waals surface area contributed by atoms with Gasteiger partial charge in [-0.2, -0.15) is 0 Å². The van der Waals surface area contributed by atoms with Gasteiger partial charge in [0.25, 0.3) is 0 Å². The third kappa shape index (κ3) is 0.669. The van der Waals surface area contributed by atoms with Gasteiger partial charge in [0.15, 0.2) is 0 Å². The molecule has 4 atom stereocenters. The van der Waals surface area contributed by atoms with Gasteiger partial charge in [-0.1, -0.05) is 48.5 Å². The van der Waals surface area contributed by atoms with Gasteiger partial charge in [0, 0.05) is 0 Å². The van der Waals surface area contributed by atoms with Gasteiger partial charge in [-0.3, -0.25) is 0 Å². The molecule has 2 fully saturated rings. The van der Waals surface area contributed by atoms with E-state index in [9.17, 15) is 0 Å². The minimum atomic E-state index is 0.818. The number of fused-ring (bicyclic) bond motifs is 1. The molecule has 0 aromatic heterocycles. The van der Waals surface area contributed by atoms with Crippen LogP contribution in [0.2, 0.25) is 0 Å². The lowest BCUT2D eigenvalue weighted by molar-refractivity contribution is 0.477. The SMILES string of the molecule is c1ccc2c(c1)C1[C@@H]3[C@@H]1[C@@H]1c4ccccc4[C@@H]3C21. The molecule has 0 N–H and O–H groups in total. The Morgan fingerprint density at radius 2 is 0.833 bits per heavy atom. The third-order valence-corrected chi connectivity index (χ3v) is 6.16. The van der Waals surface area contributed by atoms with Crippen LogP contribution >= 0.6 is 0 Å². The van der Waals surface area contributed by atoms with E-state index >= 15 is 0 Å². The summed E-state index contributed by atoms with van der Waals surface area (Å²) in [5.74, 6) is 5.41. The van der Waals surface area contributed by atoms with Crippen LogP contribution in [0.1, 0.15) is 45.9 Å². The topological polar surface area (TPSA) is 0 Å². The Morgan fingerprint density at radius 1 is 0.444 bits per heavy atom. The summed E-state index contributed by atoms with van der Waals surface area (Å²) in [5, 5.41) is 0. The minimum absolute atomic E-state index is 0.818. The molecule has 5 aliphatic carbocycles. The van der Waals surface area contributed by atoms with Crippen LogP contribution in [0, 0.1) is 11.8 Å². The highest BCUT2D eigenvalue weighted by Crippen LogP contribution is 2.85. The van der Waals surface area contributed by atoms with Crippen molar-refractivity contribution in [2.45, 2.75) is 23.7 Å². The van der Waals surface area contributed by atoms with Crippen LogP contribution in [-0.4, -0.2) is 0 Å². The molecule has 86 valence electrons. The molecule has 2 saturated carbocycles. The van der Waals surface area contributed by atoms with E-state index in [1.165, 1.54) is 0 Å². The van der Waals surface area contributed by atoms with Gasteiger partial charge in [-0.05, 0) is 57.8 Å². The minimum Gasteiger partial charge on any atom is -0.0620 e. The van der Waals surface area contributed by atoms with Gasteiger partial charge >= 0.3 is 0 Å². The Balaban J connectivity index is 1.69. The van der Waals surface area contributed by atoms with E-state index in [0.29, 0.717) is 0 Å². The smallest absolute Gasteiger partial charge is 0.00152 e. The van der Waals surface area contributed by atoms with Crippen molar-refractivity contribution in [3.63, 3.8) is 0 Å². The second kappa shape index (κ2) is 2.42. The van der Waals surface area contributed by atoms with Crippen LogP contribution in [0.25, 0.3) is 0 Å². The van der Waals surface area contributed by atoms with Crippen LogP contribution < -0.4 is 0 Å². The van der Waals surface area contributed by atoms with E-state index in [-0.39, 0.29) is 0 Å². The standard InChI is InChI=1S/C18H14/c1-4-8-12-9(5-1)13-14-10-6-2-3-7-11(10)15(13)18-16(12)17(14)18/h1-8,13-18H/t13?,14-,15-,16?,17-,18-/m1/s1. The molecule has 5 aliphatic rings. The summed E-state index contributed by atoms with van der Waals surface area (Å²) in [5.41, 5.74) is 6.74. The Morgan fingerprint density at radius 3 is 1.33 bits per heavy atom. The average Bonchev–Trinajstić information content (AvgIpc) is 3.00. The molecule has 7 rings (SSSR count). The molecule has 0 spiro atoms. The zero-order valence-corrected chi connectivity index (χ0v) is 10.1. The predicted octanol–water partition coefficient (Wildman–Crippen LogP) is 4.01. The van der Waals surface area contributed by atoms with E-state index in [0.717, 1.165) is 35.5 Å². The monoisotopic (exact) mass is 230 g/mol. The molecular formula is C18H14. The van der Waals surface area contributed by atoms with Crippen LogP contribution in [0.5, 0.6) is 0 Å². The summed E-state index contributed by atoms with van der Waals surface area (Å²) in [7, 11) is 0. The van der Waals surface area contributed by atoms with Crippen LogP contribution in [0.4, 0.5) is 0 Å². The molecule has 2 aromatic rings. The number of benzene rings is 2. The van der Waals surface area contributed by atoms with Crippen molar-refractivity contribution in [1.82, 2.24) is 0 Å². The maximum absolute atomic E-state index is 2.40. The van der Waals surface area contributed by atoms with Crippen LogP contribution in [0.15, 0.2) is 48.5 Å². The Kier molecular flexibility index (Phi) is 1.15. The predicted molar refractivity (Wildman–Crippen MR) is 70.8 cm³/mol. The second-order valence-electron chi connectivity index (χ2n) is 6.52. The van der Waals surface area contributed by atoms with Crippen molar-refractivity contribution in [3.8, 4) is 0 Å². The van der Waals surface area contributed by atoms with Crippen molar-refractivity contribution < 1.29 is 0 Å². The first-order valence-corrected chi connectivity index (χ1v) is 7.14. The lowest BCUT2D eigenvalue weighted by Crippen LogP contribution is -2.17. The largest absolute Gasteiger partial charge is 0.0620 e. The van der Waals surface area contributed by atoms with E-state index in [2.05, 4.69) is 48.5 Å². The molecule has 0 amide bonds. The molecule has 0 saturated heterocycles. The number of hydrogen-bond donors (Lipinski definition) is 0. The van der Waals surface area contributed by atoms with Crippen molar-refractivity contribution >= 4 is 0 Å². The maximum Gasteiger partial charge on any atom is -0.00152 e. The van der Waals surface area contributed by atoms with Crippen molar-refractivity contribution in [1.29, 1.82) is 0 Å². The highest BCUT2D eigenvalue weighted by molar-refractivity contribution is 5.62. The quantitative estimate of drug-likeness (QED) is 0.641. The fourth-order valence-corrected chi connectivity index (χ4v) is 5.83. The fraction of sp³-hybridized carbons (Fsp3) is 0.333. The lowest BCUT2D eigenvalue weighted by Gasteiger charge is -2.31. The zero-order valence-electron chi connectivity index (χ0n) is 10.1. The average molecular weight is 230 g/mol. The first-order chi connectivity index (χ1) is 8.97. The van der Waals surface area contributed by atoms with E-state index in [4.69, 9.17) is 0 Å². The maximum atomic E-state index is 2.40. The summed E-state index contributed by atoms with van der Waals surface area (Å²) >= 11 is 0. The summed E-state index contributed by atoms with van der Waals surface area (Å²) in [6.45, 7) is 0. The van der Waals surface area contributed by atoms with Gasteiger partial charge in [-0.15, -0.1) is 0 Å². The van der Waals surface area contributed by atoms with E-state index in [1.54, 1.807) is 22.3 Å². The van der Waals surface area contributed by atoms with Crippen LogP contribution in [-0.2, 0) is 0 Å². The van der Waals surface area contributed by atoms with Gasteiger partial charge < -0.3 is 0 Å². The van der Waals surface area contributed by atoms with Crippen LogP contribution in [0.3, 0.4) is 0 Å². The molecule has 0 aliphatic heterocycles. The molecule has 6 bridgehead atoms. The van der Waals surface area contributed by atoms with Crippen molar-refractivity contribution in [2.24, 2.45) is 11.8 Å². The molecule has 0 heteroatoms. The second-order valence-corrected chi connectivity index (χ2v) is 6.52. The molecule has 18 heavy (non-hydrogen) atoms. The highest BCUT2D eigenvalue weighted by atomic mass is 14.8. The van der Waals surface area contributed by atoms with E-state index in [1.807, 2.05) is 0 Å². The third-order valence-electron chi connectivity index (χ3n) is 6.16. The van der Waals surface area contributed by atoms with Gasteiger partial charge in [-0.25, -0.2) is 0 Å². The summed E-state index contributed by atoms with van der Waals surface area (Å²) in [6.07, 6.45) is 0. The fourth-order valence-electron chi connectivity index (χ4n) is 5.83. The van der Waals surface area contributed by atoms with Gasteiger partial charge in [0.1, 0.15) is 0 Å². The highest BCUT2D eigenvalue weighted by Gasteiger charge is 2.74. The zero-order chi connectivity index (χ0) is 11.4. The molecule has 2 aromatic carbocycles. The number of rotatable bonds is 0. The van der Waals surface area contributed by atoms with Crippen molar-refractivity contribution in [2.75, 3.05) is 0 Å². The molecule has 0 heterocycles. The summed E-state index contributed by atoms with van der Waals surface area (Å²) < 4.78 is 0. The molecule has 0 radical (unpaired) electrons. The summed E-state index contributed by atoms with van der Waals surface area (Å²) in [6, 6.07) is 18.5. The van der Waals surface area contributed by atoms with Crippen molar-refractivity contribution in [3.05, 3.63) is 70.8 Å². The normalized spacial score (nSPS) is 43.6. The summed E-state index contributed by atoms with van der Waals surface area (Å²) in [4.78, 5) is 0. The number of hydrogen-bond acceptors (Lipinski definition) is 0. The Labute approximate surface area is 107 Å². The molecule has 0 unspecified atom stereocenters. The molecule has 0 nitrogen and oxygen atoms in total. The van der Waals surface area contributed by atoms with Gasteiger partial charge in [0.2, 0.25) is 0 Å². The molecular weight excluding hydrogens is 216 g/mol.